The summed E-state index contributed by atoms with van der Waals surface area (Å²) in [6.07, 6.45) is 3.22. The van der Waals surface area contributed by atoms with Crippen LogP contribution in [0.2, 0.25) is 0 Å². The van der Waals surface area contributed by atoms with Gasteiger partial charge in [0.05, 0.1) is 18.0 Å². The maximum Gasteiger partial charge on any atom is 0.265 e. The Morgan fingerprint density at radius 2 is 1.77 bits per heavy atom. The molecule has 5 rings (SSSR count). The third-order valence-corrected chi connectivity index (χ3v) is 5.55. The Kier molecular flexibility index (Phi) is 4.27. The molecule has 30 heavy (non-hydrogen) atoms. The van der Waals surface area contributed by atoms with Crippen LogP contribution in [0.5, 0.6) is 5.88 Å². The number of aryl methyl sites for hydroxylation is 1. The lowest BCUT2D eigenvalue weighted by Crippen LogP contribution is -2.48. The first kappa shape index (κ1) is 18.3. The van der Waals surface area contributed by atoms with Gasteiger partial charge in [0.15, 0.2) is 5.65 Å². The van der Waals surface area contributed by atoms with Crippen molar-refractivity contribution in [3.05, 3.63) is 41.1 Å². The molecule has 1 aromatic carbocycles. The molecule has 10 heteroatoms. The standard InChI is InChI=1S/C20H22N8O2/c1-25-11-15-17(24-25)23-20(26(2)19(15)29)28-8-6-27(7-9-28)13-4-5-16-14(10-13)18(30-3)22-12-21-16/h4-5,10-12H,6-9H2,1-3H3. The second-order valence-corrected chi connectivity index (χ2v) is 7.37. The number of nitrogens with zero attached hydrogens (tertiary/aromatic N) is 8. The SMILES string of the molecule is COc1ncnc2ccc(N3CCN(c4nc5nn(C)cc5c(=O)n4C)CC3)cc12. The number of methoxy groups -OCH3 is 1. The van der Waals surface area contributed by atoms with Gasteiger partial charge in [0.2, 0.25) is 11.8 Å². The second-order valence-electron chi connectivity index (χ2n) is 7.37. The summed E-state index contributed by atoms with van der Waals surface area (Å²) in [4.78, 5) is 30.3. The molecule has 0 bridgehead atoms. The highest BCUT2D eigenvalue weighted by molar-refractivity contribution is 5.86. The van der Waals surface area contributed by atoms with Crippen LogP contribution in [0, 0.1) is 0 Å². The summed E-state index contributed by atoms with van der Waals surface area (Å²) in [7, 11) is 5.17. The van der Waals surface area contributed by atoms with E-state index in [1.54, 1.807) is 36.7 Å². The molecular formula is C20H22N8O2. The lowest BCUT2D eigenvalue weighted by atomic mass is 10.2. The smallest absolute Gasteiger partial charge is 0.265 e. The number of benzene rings is 1. The Morgan fingerprint density at radius 3 is 2.53 bits per heavy atom. The molecule has 0 radical (unpaired) electrons. The number of aromatic nitrogens is 6. The average Bonchev–Trinajstić information content (AvgIpc) is 3.16. The molecule has 1 fully saturated rings. The molecule has 1 aliphatic heterocycles. The predicted molar refractivity (Wildman–Crippen MR) is 114 cm³/mol. The molecule has 0 spiro atoms. The fourth-order valence-corrected chi connectivity index (χ4v) is 3.98. The van der Waals surface area contributed by atoms with Crippen molar-refractivity contribution in [2.75, 3.05) is 43.1 Å². The van der Waals surface area contributed by atoms with Crippen LogP contribution in [0.4, 0.5) is 11.6 Å². The maximum absolute atomic E-state index is 12.7. The summed E-state index contributed by atoms with van der Waals surface area (Å²) in [5, 5.41) is 5.74. The van der Waals surface area contributed by atoms with Gasteiger partial charge in [-0.15, -0.1) is 0 Å². The zero-order valence-corrected chi connectivity index (χ0v) is 17.1. The predicted octanol–water partition coefficient (Wildman–Crippen LogP) is 0.945. The van der Waals surface area contributed by atoms with Gasteiger partial charge in [-0.3, -0.25) is 14.0 Å². The number of fused-ring (bicyclic) bond motifs is 2. The van der Waals surface area contributed by atoms with Crippen LogP contribution >= 0.6 is 0 Å². The van der Waals surface area contributed by atoms with E-state index >= 15 is 0 Å². The van der Waals surface area contributed by atoms with E-state index in [-0.39, 0.29) is 5.56 Å². The van der Waals surface area contributed by atoms with Crippen molar-refractivity contribution in [2.24, 2.45) is 14.1 Å². The molecule has 0 N–H and O–H groups in total. The molecule has 1 saturated heterocycles. The Hall–Kier alpha value is -3.69. The minimum atomic E-state index is -0.0767. The third-order valence-electron chi connectivity index (χ3n) is 5.55. The van der Waals surface area contributed by atoms with Crippen molar-refractivity contribution >= 4 is 33.6 Å². The van der Waals surface area contributed by atoms with Crippen molar-refractivity contribution in [2.45, 2.75) is 0 Å². The molecule has 10 nitrogen and oxygen atoms in total. The second kappa shape index (κ2) is 6.97. The molecule has 0 atom stereocenters. The summed E-state index contributed by atoms with van der Waals surface area (Å²) in [5.74, 6) is 1.22. The zero-order valence-electron chi connectivity index (χ0n) is 17.1. The first-order chi connectivity index (χ1) is 14.5. The van der Waals surface area contributed by atoms with Crippen molar-refractivity contribution in [1.82, 2.24) is 29.3 Å². The van der Waals surface area contributed by atoms with Crippen molar-refractivity contribution in [3.8, 4) is 5.88 Å². The molecule has 4 heterocycles. The molecule has 0 saturated carbocycles. The van der Waals surface area contributed by atoms with E-state index in [1.807, 2.05) is 6.07 Å². The number of rotatable bonds is 3. The first-order valence-corrected chi connectivity index (χ1v) is 9.74. The molecule has 4 aromatic rings. The largest absolute Gasteiger partial charge is 0.480 e. The first-order valence-electron chi connectivity index (χ1n) is 9.74. The molecule has 0 aliphatic carbocycles. The quantitative estimate of drug-likeness (QED) is 0.496. The van der Waals surface area contributed by atoms with Crippen LogP contribution in [0.25, 0.3) is 21.9 Å². The Bertz CT molecular complexity index is 1300. The number of hydrogen-bond donors (Lipinski definition) is 0. The van der Waals surface area contributed by atoms with Crippen LogP contribution < -0.4 is 20.1 Å². The number of hydrogen-bond acceptors (Lipinski definition) is 8. The van der Waals surface area contributed by atoms with Gasteiger partial charge in [-0.05, 0) is 18.2 Å². The van der Waals surface area contributed by atoms with E-state index in [2.05, 4.69) is 42.0 Å². The monoisotopic (exact) mass is 406 g/mol. The molecular weight excluding hydrogens is 384 g/mol. The number of ether oxygens (including phenoxy) is 1. The van der Waals surface area contributed by atoms with E-state index in [4.69, 9.17) is 4.74 Å². The highest BCUT2D eigenvalue weighted by Crippen LogP contribution is 2.27. The molecule has 154 valence electrons. The van der Waals surface area contributed by atoms with Crippen molar-refractivity contribution < 1.29 is 4.74 Å². The normalized spacial score (nSPS) is 14.6. The highest BCUT2D eigenvalue weighted by atomic mass is 16.5. The van der Waals surface area contributed by atoms with Gasteiger partial charge < -0.3 is 14.5 Å². The van der Waals surface area contributed by atoms with Crippen LogP contribution in [0.1, 0.15) is 0 Å². The van der Waals surface area contributed by atoms with E-state index < -0.39 is 0 Å². The minimum absolute atomic E-state index is 0.0767. The summed E-state index contributed by atoms with van der Waals surface area (Å²) in [5.41, 5.74) is 2.36. The van der Waals surface area contributed by atoms with E-state index in [0.29, 0.717) is 22.9 Å². The topological polar surface area (TPSA) is 94.2 Å². The molecule has 0 unspecified atom stereocenters. The van der Waals surface area contributed by atoms with E-state index in [0.717, 1.165) is 42.8 Å². The van der Waals surface area contributed by atoms with Crippen LogP contribution in [-0.4, -0.2) is 62.6 Å². The Balaban J connectivity index is 1.40. The molecule has 1 aliphatic rings. The summed E-state index contributed by atoms with van der Waals surface area (Å²) >= 11 is 0. The van der Waals surface area contributed by atoms with Gasteiger partial charge in [-0.2, -0.15) is 10.1 Å². The molecule has 3 aromatic heterocycles. The van der Waals surface area contributed by atoms with Gasteiger partial charge in [-0.1, -0.05) is 0 Å². The van der Waals surface area contributed by atoms with Gasteiger partial charge in [0.1, 0.15) is 11.7 Å². The Labute approximate surface area is 172 Å². The van der Waals surface area contributed by atoms with Crippen molar-refractivity contribution in [3.63, 3.8) is 0 Å². The lowest BCUT2D eigenvalue weighted by molar-refractivity contribution is 0.402. The fourth-order valence-electron chi connectivity index (χ4n) is 3.98. The maximum atomic E-state index is 12.7. The summed E-state index contributed by atoms with van der Waals surface area (Å²) < 4.78 is 8.61. The average molecular weight is 406 g/mol. The Morgan fingerprint density at radius 1 is 1.00 bits per heavy atom. The van der Waals surface area contributed by atoms with Gasteiger partial charge in [-0.25, -0.2) is 9.97 Å². The summed E-state index contributed by atoms with van der Waals surface area (Å²) in [6, 6.07) is 6.12. The van der Waals surface area contributed by atoms with E-state index in [1.165, 1.54) is 6.33 Å². The van der Waals surface area contributed by atoms with Crippen LogP contribution in [0.15, 0.2) is 35.5 Å². The molecule has 0 amide bonds. The highest BCUT2D eigenvalue weighted by Gasteiger charge is 2.22. The number of anilines is 2. The van der Waals surface area contributed by atoms with E-state index in [9.17, 15) is 4.79 Å². The van der Waals surface area contributed by atoms with Gasteiger partial charge in [0.25, 0.3) is 5.56 Å². The number of piperazine rings is 1. The van der Waals surface area contributed by atoms with Crippen molar-refractivity contribution in [1.29, 1.82) is 0 Å². The minimum Gasteiger partial charge on any atom is -0.480 e. The van der Waals surface area contributed by atoms with Crippen LogP contribution in [0.3, 0.4) is 0 Å². The summed E-state index contributed by atoms with van der Waals surface area (Å²) in [6.45, 7) is 3.10. The van der Waals surface area contributed by atoms with Gasteiger partial charge >= 0.3 is 0 Å². The van der Waals surface area contributed by atoms with Gasteiger partial charge in [0, 0.05) is 52.2 Å². The van der Waals surface area contributed by atoms with Crippen LogP contribution in [-0.2, 0) is 14.1 Å². The fraction of sp³-hybridized carbons (Fsp3) is 0.350. The lowest BCUT2D eigenvalue weighted by Gasteiger charge is -2.37. The zero-order chi connectivity index (χ0) is 20.8. The third kappa shape index (κ3) is 2.92.